The van der Waals surface area contributed by atoms with Crippen molar-refractivity contribution in [3.63, 3.8) is 0 Å². The van der Waals surface area contributed by atoms with Crippen molar-refractivity contribution in [1.82, 2.24) is 10.2 Å². The fourth-order valence-corrected chi connectivity index (χ4v) is 2.83. The van der Waals surface area contributed by atoms with Gasteiger partial charge in [0.1, 0.15) is 0 Å². The lowest BCUT2D eigenvalue weighted by atomic mass is 10.1. The van der Waals surface area contributed by atoms with Crippen LogP contribution in [0.2, 0.25) is 0 Å². The van der Waals surface area contributed by atoms with Crippen molar-refractivity contribution in [2.24, 2.45) is 0 Å². The molecule has 1 amide bonds. The van der Waals surface area contributed by atoms with E-state index in [4.69, 9.17) is 0 Å². The van der Waals surface area contributed by atoms with Gasteiger partial charge in [-0.15, -0.1) is 11.3 Å². The number of rotatable bonds is 5. The van der Waals surface area contributed by atoms with Crippen LogP contribution in [-0.2, 0) is 11.2 Å². The second-order valence-corrected chi connectivity index (χ2v) is 5.48. The number of likely N-dealkylation sites (tertiary alicyclic amines) is 1. The molecule has 2 rings (SSSR count). The van der Waals surface area contributed by atoms with Gasteiger partial charge in [-0.3, -0.25) is 4.79 Å². The van der Waals surface area contributed by atoms with Crippen molar-refractivity contribution in [3.8, 4) is 0 Å². The molecule has 0 spiro atoms. The number of nitrogens with one attached hydrogen (secondary N) is 1. The molecular formula is C13H20N2OS. The molecule has 94 valence electrons. The largest absolute Gasteiger partial charge is 0.342 e. The lowest BCUT2D eigenvalue weighted by molar-refractivity contribution is -0.131. The molecule has 1 aromatic heterocycles. The van der Waals surface area contributed by atoms with Gasteiger partial charge in [0, 0.05) is 24.5 Å². The van der Waals surface area contributed by atoms with Crippen LogP contribution in [0.15, 0.2) is 17.5 Å². The Hall–Kier alpha value is -0.870. The Morgan fingerprint density at radius 3 is 2.88 bits per heavy atom. The average molecular weight is 252 g/mol. The molecule has 0 saturated carbocycles. The predicted molar refractivity (Wildman–Crippen MR) is 71.3 cm³/mol. The summed E-state index contributed by atoms with van der Waals surface area (Å²) in [5.41, 5.74) is 0. The minimum atomic E-state index is 0.260. The molecule has 1 N–H and O–H groups in total. The summed E-state index contributed by atoms with van der Waals surface area (Å²) >= 11 is 1.77. The maximum absolute atomic E-state index is 11.8. The zero-order valence-corrected chi connectivity index (χ0v) is 11.0. The highest BCUT2D eigenvalue weighted by Gasteiger charge is 2.15. The average Bonchev–Trinajstić information content (AvgIpc) is 2.88. The van der Waals surface area contributed by atoms with Crippen LogP contribution in [0.1, 0.15) is 24.1 Å². The van der Waals surface area contributed by atoms with Gasteiger partial charge >= 0.3 is 0 Å². The summed E-state index contributed by atoms with van der Waals surface area (Å²) in [5.74, 6) is 0.260. The predicted octanol–water partition coefficient (Wildman–Crippen LogP) is 1.89. The molecule has 0 bridgehead atoms. The number of thiophene rings is 1. The Kier molecular flexibility index (Phi) is 5.01. The molecule has 1 aliphatic heterocycles. The minimum absolute atomic E-state index is 0.260. The van der Waals surface area contributed by atoms with Crippen LogP contribution in [0.3, 0.4) is 0 Å². The topological polar surface area (TPSA) is 32.3 Å². The Morgan fingerprint density at radius 1 is 1.35 bits per heavy atom. The third-order valence-electron chi connectivity index (χ3n) is 3.11. The number of amides is 1. The number of hydrogen-bond donors (Lipinski definition) is 1. The first-order chi connectivity index (χ1) is 8.36. The van der Waals surface area contributed by atoms with E-state index in [2.05, 4.69) is 22.8 Å². The Bertz CT molecular complexity index is 331. The van der Waals surface area contributed by atoms with Crippen molar-refractivity contribution in [2.45, 2.75) is 25.7 Å². The lowest BCUT2D eigenvalue weighted by Gasteiger charge is -2.26. The van der Waals surface area contributed by atoms with E-state index in [0.717, 1.165) is 26.1 Å². The van der Waals surface area contributed by atoms with Crippen LogP contribution in [-0.4, -0.2) is 37.0 Å². The lowest BCUT2D eigenvalue weighted by Crippen LogP contribution is -2.41. The zero-order chi connectivity index (χ0) is 11.9. The summed E-state index contributed by atoms with van der Waals surface area (Å²) < 4.78 is 0. The third-order valence-corrected chi connectivity index (χ3v) is 4.05. The smallest absolute Gasteiger partial charge is 0.236 e. The van der Waals surface area contributed by atoms with Gasteiger partial charge in [-0.2, -0.15) is 0 Å². The molecule has 1 aromatic rings. The first-order valence-electron chi connectivity index (χ1n) is 6.37. The summed E-state index contributed by atoms with van der Waals surface area (Å²) in [6.45, 7) is 3.28. The van der Waals surface area contributed by atoms with Gasteiger partial charge in [0.15, 0.2) is 0 Å². The molecule has 0 aromatic carbocycles. The second kappa shape index (κ2) is 6.77. The molecule has 2 heterocycles. The molecule has 0 atom stereocenters. The SMILES string of the molecule is O=C(CNCCc1cccs1)N1CCCCC1. The molecule has 4 heteroatoms. The van der Waals surface area contributed by atoms with E-state index >= 15 is 0 Å². The van der Waals surface area contributed by atoms with E-state index in [1.807, 2.05) is 4.90 Å². The highest BCUT2D eigenvalue weighted by Crippen LogP contribution is 2.09. The van der Waals surface area contributed by atoms with Gasteiger partial charge in [-0.1, -0.05) is 6.07 Å². The third kappa shape index (κ3) is 4.13. The van der Waals surface area contributed by atoms with Crippen molar-refractivity contribution in [3.05, 3.63) is 22.4 Å². The van der Waals surface area contributed by atoms with Gasteiger partial charge in [-0.25, -0.2) is 0 Å². The van der Waals surface area contributed by atoms with E-state index < -0.39 is 0 Å². The summed E-state index contributed by atoms with van der Waals surface area (Å²) in [7, 11) is 0. The van der Waals surface area contributed by atoms with Crippen LogP contribution in [0, 0.1) is 0 Å². The van der Waals surface area contributed by atoms with Gasteiger partial charge < -0.3 is 10.2 Å². The van der Waals surface area contributed by atoms with E-state index in [1.165, 1.54) is 24.1 Å². The van der Waals surface area contributed by atoms with Gasteiger partial charge in [-0.05, 0) is 37.1 Å². The standard InChI is InChI=1S/C13H20N2OS/c16-13(15-8-2-1-3-9-15)11-14-7-6-12-5-4-10-17-12/h4-5,10,14H,1-3,6-9,11H2. The van der Waals surface area contributed by atoms with Crippen molar-refractivity contribution in [2.75, 3.05) is 26.2 Å². The van der Waals surface area contributed by atoms with E-state index in [9.17, 15) is 4.79 Å². The van der Waals surface area contributed by atoms with E-state index in [-0.39, 0.29) is 5.91 Å². The fourth-order valence-electron chi connectivity index (χ4n) is 2.12. The Balaban J connectivity index is 1.59. The van der Waals surface area contributed by atoms with Crippen molar-refractivity contribution in [1.29, 1.82) is 0 Å². The normalized spacial score (nSPS) is 16.1. The van der Waals surface area contributed by atoms with Crippen LogP contribution < -0.4 is 5.32 Å². The quantitative estimate of drug-likeness (QED) is 0.812. The van der Waals surface area contributed by atoms with E-state index in [0.29, 0.717) is 6.54 Å². The second-order valence-electron chi connectivity index (χ2n) is 4.45. The van der Waals surface area contributed by atoms with Crippen LogP contribution in [0.4, 0.5) is 0 Å². The molecule has 1 fully saturated rings. The molecule has 0 aliphatic carbocycles. The van der Waals surface area contributed by atoms with E-state index in [1.54, 1.807) is 11.3 Å². The highest BCUT2D eigenvalue weighted by atomic mass is 32.1. The van der Waals surface area contributed by atoms with Gasteiger partial charge in [0.05, 0.1) is 6.54 Å². The van der Waals surface area contributed by atoms with Crippen molar-refractivity contribution < 1.29 is 4.79 Å². The number of hydrogen-bond acceptors (Lipinski definition) is 3. The first-order valence-corrected chi connectivity index (χ1v) is 7.25. The summed E-state index contributed by atoms with van der Waals surface area (Å²) in [6, 6.07) is 4.21. The molecule has 3 nitrogen and oxygen atoms in total. The highest BCUT2D eigenvalue weighted by molar-refractivity contribution is 7.09. The Morgan fingerprint density at radius 2 is 2.18 bits per heavy atom. The maximum Gasteiger partial charge on any atom is 0.236 e. The van der Waals surface area contributed by atoms with Crippen LogP contribution in [0.5, 0.6) is 0 Å². The minimum Gasteiger partial charge on any atom is -0.342 e. The zero-order valence-electron chi connectivity index (χ0n) is 10.2. The summed E-state index contributed by atoms with van der Waals surface area (Å²) in [5, 5.41) is 5.33. The monoisotopic (exact) mass is 252 g/mol. The van der Waals surface area contributed by atoms with Crippen LogP contribution in [0.25, 0.3) is 0 Å². The molecule has 1 saturated heterocycles. The fraction of sp³-hybridized carbons (Fsp3) is 0.615. The van der Waals surface area contributed by atoms with Gasteiger partial charge in [0.25, 0.3) is 0 Å². The number of nitrogens with zero attached hydrogens (tertiary/aromatic N) is 1. The molecule has 0 unspecified atom stereocenters. The van der Waals surface area contributed by atoms with Crippen molar-refractivity contribution >= 4 is 17.2 Å². The first kappa shape index (κ1) is 12.6. The van der Waals surface area contributed by atoms with Crippen LogP contribution >= 0.6 is 11.3 Å². The molecular weight excluding hydrogens is 232 g/mol. The summed E-state index contributed by atoms with van der Waals surface area (Å²) in [6.07, 6.45) is 4.63. The number of piperidine rings is 1. The molecule has 0 radical (unpaired) electrons. The van der Waals surface area contributed by atoms with Gasteiger partial charge in [0.2, 0.25) is 5.91 Å². The molecule has 17 heavy (non-hydrogen) atoms. The molecule has 1 aliphatic rings. The number of carbonyl (C=O) groups excluding carboxylic acids is 1. The Labute approximate surface area is 107 Å². The maximum atomic E-state index is 11.8. The summed E-state index contributed by atoms with van der Waals surface area (Å²) in [4.78, 5) is 15.2. The number of carbonyl (C=O) groups is 1.